The molecule has 1 aromatic carbocycles. The summed E-state index contributed by atoms with van der Waals surface area (Å²) in [6, 6.07) is 6.84. The molecule has 0 unspecified atom stereocenters. The summed E-state index contributed by atoms with van der Waals surface area (Å²) in [6.45, 7) is 6.65. The molecule has 0 aromatic heterocycles. The van der Waals surface area contributed by atoms with E-state index in [1.807, 2.05) is 12.1 Å². The first-order chi connectivity index (χ1) is 7.98. The molecule has 1 aromatic rings. The highest BCUT2D eigenvalue weighted by Crippen LogP contribution is 2.32. The van der Waals surface area contributed by atoms with Gasteiger partial charge in [0, 0.05) is 30.9 Å². The minimum atomic E-state index is -0.358. The Morgan fingerprint density at radius 1 is 1.18 bits per heavy atom. The number of rotatable bonds is 2. The van der Waals surface area contributed by atoms with Crippen LogP contribution in [0.3, 0.4) is 0 Å². The normalized spacial score (nSPS) is 19.1. The summed E-state index contributed by atoms with van der Waals surface area (Å²) in [5, 5.41) is 10.6. The number of nitrogens with zero attached hydrogens (tertiary/aromatic N) is 2. The van der Waals surface area contributed by atoms with Gasteiger partial charge in [0.1, 0.15) is 0 Å². The second kappa shape index (κ2) is 4.35. The topological polar surface area (TPSA) is 46.4 Å². The van der Waals surface area contributed by atoms with Crippen LogP contribution < -0.4 is 4.90 Å². The minimum absolute atomic E-state index is 0.158. The lowest BCUT2D eigenvalue weighted by atomic mass is 9.82. The summed E-state index contributed by atoms with van der Waals surface area (Å²) >= 11 is 0. The Morgan fingerprint density at radius 2 is 1.71 bits per heavy atom. The Balaban J connectivity index is 2.06. The monoisotopic (exact) mass is 234 g/mol. The molecule has 0 N–H and O–H groups in total. The number of hydrogen-bond acceptors (Lipinski definition) is 3. The van der Waals surface area contributed by atoms with E-state index in [2.05, 4.69) is 18.7 Å². The quantitative estimate of drug-likeness (QED) is 0.583. The lowest BCUT2D eigenvalue weighted by molar-refractivity contribution is -0.384. The van der Waals surface area contributed by atoms with E-state index in [0.29, 0.717) is 5.41 Å². The summed E-state index contributed by atoms with van der Waals surface area (Å²) in [7, 11) is 0. The van der Waals surface area contributed by atoms with Crippen molar-refractivity contribution >= 4 is 11.4 Å². The van der Waals surface area contributed by atoms with Crippen LogP contribution >= 0.6 is 0 Å². The summed E-state index contributed by atoms with van der Waals surface area (Å²) in [6.07, 6.45) is 2.34. The zero-order chi connectivity index (χ0) is 12.5. The smallest absolute Gasteiger partial charge is 0.269 e. The highest BCUT2D eigenvalue weighted by atomic mass is 16.6. The Labute approximate surface area is 101 Å². The van der Waals surface area contributed by atoms with Crippen molar-refractivity contribution in [2.45, 2.75) is 26.7 Å². The van der Waals surface area contributed by atoms with Gasteiger partial charge in [-0.05, 0) is 30.4 Å². The Morgan fingerprint density at radius 3 is 2.18 bits per heavy atom. The van der Waals surface area contributed by atoms with Gasteiger partial charge >= 0.3 is 0 Å². The van der Waals surface area contributed by atoms with Crippen molar-refractivity contribution in [2.75, 3.05) is 18.0 Å². The fourth-order valence-electron chi connectivity index (χ4n) is 2.16. The molecule has 0 bridgehead atoms. The fourth-order valence-corrected chi connectivity index (χ4v) is 2.16. The van der Waals surface area contributed by atoms with Gasteiger partial charge in [-0.1, -0.05) is 13.8 Å². The van der Waals surface area contributed by atoms with Crippen LogP contribution in [0.4, 0.5) is 11.4 Å². The number of hydrogen-bond donors (Lipinski definition) is 0. The second-order valence-electron chi connectivity index (χ2n) is 5.42. The molecule has 1 saturated heterocycles. The molecule has 1 heterocycles. The fraction of sp³-hybridized carbons (Fsp3) is 0.538. The second-order valence-corrected chi connectivity index (χ2v) is 5.42. The maximum atomic E-state index is 10.6. The van der Waals surface area contributed by atoms with Crippen LogP contribution in [-0.2, 0) is 0 Å². The van der Waals surface area contributed by atoms with Crippen molar-refractivity contribution < 1.29 is 4.92 Å². The van der Waals surface area contributed by atoms with Gasteiger partial charge in [0.2, 0.25) is 0 Å². The Kier molecular flexibility index (Phi) is 3.05. The van der Waals surface area contributed by atoms with E-state index in [1.165, 1.54) is 12.8 Å². The number of piperidine rings is 1. The van der Waals surface area contributed by atoms with Crippen LogP contribution in [0.1, 0.15) is 26.7 Å². The molecule has 0 radical (unpaired) electrons. The van der Waals surface area contributed by atoms with E-state index >= 15 is 0 Å². The zero-order valence-electron chi connectivity index (χ0n) is 10.3. The predicted molar refractivity (Wildman–Crippen MR) is 68.3 cm³/mol. The van der Waals surface area contributed by atoms with E-state index in [9.17, 15) is 10.1 Å². The summed E-state index contributed by atoms with van der Waals surface area (Å²) < 4.78 is 0. The highest BCUT2D eigenvalue weighted by Gasteiger charge is 2.25. The SMILES string of the molecule is CC1(C)CCN(c2ccc([N+](=O)[O-])cc2)CC1. The largest absolute Gasteiger partial charge is 0.371 e. The molecule has 4 heteroatoms. The average Bonchev–Trinajstić information content (AvgIpc) is 2.29. The van der Waals surface area contributed by atoms with Crippen LogP contribution in [0, 0.1) is 15.5 Å². The lowest BCUT2D eigenvalue weighted by Crippen LogP contribution is -2.37. The van der Waals surface area contributed by atoms with Crippen LogP contribution in [0.15, 0.2) is 24.3 Å². The van der Waals surface area contributed by atoms with Crippen LogP contribution in [0.5, 0.6) is 0 Å². The van der Waals surface area contributed by atoms with Crippen LogP contribution in [0.2, 0.25) is 0 Å². The number of anilines is 1. The molecule has 92 valence electrons. The molecule has 0 amide bonds. The molecule has 0 spiro atoms. The number of nitro benzene ring substituents is 1. The van der Waals surface area contributed by atoms with Gasteiger partial charge < -0.3 is 4.90 Å². The van der Waals surface area contributed by atoms with Gasteiger partial charge in [0.25, 0.3) is 5.69 Å². The van der Waals surface area contributed by atoms with Gasteiger partial charge in [0.15, 0.2) is 0 Å². The molecule has 17 heavy (non-hydrogen) atoms. The van der Waals surface area contributed by atoms with Crippen molar-refractivity contribution in [1.82, 2.24) is 0 Å². The minimum Gasteiger partial charge on any atom is -0.371 e. The van der Waals surface area contributed by atoms with Crippen LogP contribution in [-0.4, -0.2) is 18.0 Å². The van der Waals surface area contributed by atoms with Gasteiger partial charge in [-0.2, -0.15) is 0 Å². The van der Waals surface area contributed by atoms with E-state index in [0.717, 1.165) is 18.8 Å². The van der Waals surface area contributed by atoms with E-state index in [-0.39, 0.29) is 10.6 Å². The summed E-state index contributed by atoms with van der Waals surface area (Å²) in [4.78, 5) is 12.5. The van der Waals surface area contributed by atoms with E-state index < -0.39 is 0 Å². The van der Waals surface area contributed by atoms with Gasteiger partial charge in [-0.25, -0.2) is 0 Å². The summed E-state index contributed by atoms with van der Waals surface area (Å²) in [5.74, 6) is 0. The highest BCUT2D eigenvalue weighted by molar-refractivity contribution is 5.51. The van der Waals surface area contributed by atoms with Crippen molar-refractivity contribution in [2.24, 2.45) is 5.41 Å². The van der Waals surface area contributed by atoms with Gasteiger partial charge in [0.05, 0.1) is 4.92 Å². The molecule has 1 aliphatic heterocycles. The molecular weight excluding hydrogens is 216 g/mol. The number of benzene rings is 1. The van der Waals surface area contributed by atoms with Gasteiger partial charge in [-0.3, -0.25) is 10.1 Å². The van der Waals surface area contributed by atoms with Crippen LogP contribution in [0.25, 0.3) is 0 Å². The molecule has 1 aliphatic rings. The first-order valence-electron chi connectivity index (χ1n) is 5.97. The first-order valence-corrected chi connectivity index (χ1v) is 5.97. The molecule has 0 saturated carbocycles. The molecule has 2 rings (SSSR count). The number of non-ortho nitro benzene ring substituents is 1. The van der Waals surface area contributed by atoms with E-state index in [1.54, 1.807) is 12.1 Å². The number of nitro groups is 1. The summed E-state index contributed by atoms with van der Waals surface area (Å²) in [5.41, 5.74) is 1.68. The molecular formula is C13H18N2O2. The third-order valence-corrected chi connectivity index (χ3v) is 3.54. The standard InChI is InChI=1S/C13H18N2O2/c1-13(2)7-9-14(10-8-13)11-3-5-12(6-4-11)15(16)17/h3-6H,7-10H2,1-2H3. The first kappa shape index (κ1) is 11.9. The Bertz CT molecular complexity index is 402. The van der Waals surface area contributed by atoms with Crippen molar-refractivity contribution in [1.29, 1.82) is 0 Å². The zero-order valence-corrected chi connectivity index (χ0v) is 10.3. The lowest BCUT2D eigenvalue weighted by Gasteiger charge is -2.38. The molecule has 0 atom stereocenters. The molecule has 4 nitrogen and oxygen atoms in total. The van der Waals surface area contributed by atoms with Gasteiger partial charge in [-0.15, -0.1) is 0 Å². The predicted octanol–water partition coefficient (Wildman–Crippen LogP) is 3.22. The maximum Gasteiger partial charge on any atom is 0.269 e. The maximum absolute atomic E-state index is 10.6. The van der Waals surface area contributed by atoms with Crippen molar-refractivity contribution in [3.63, 3.8) is 0 Å². The molecule has 1 fully saturated rings. The average molecular weight is 234 g/mol. The third kappa shape index (κ3) is 2.75. The van der Waals surface area contributed by atoms with E-state index in [4.69, 9.17) is 0 Å². The molecule has 0 aliphatic carbocycles. The third-order valence-electron chi connectivity index (χ3n) is 3.54. The van der Waals surface area contributed by atoms with Crippen molar-refractivity contribution in [3.8, 4) is 0 Å². The Hall–Kier alpha value is -1.58. The van der Waals surface area contributed by atoms with Crippen molar-refractivity contribution in [3.05, 3.63) is 34.4 Å².